The minimum Gasteiger partial charge on any atom is -0.387 e. The number of rotatable bonds is 2. The molecule has 1 aliphatic carbocycles. The Kier molecular flexibility index (Phi) is 3.19. The summed E-state index contributed by atoms with van der Waals surface area (Å²) in [5, 5.41) is 11.4. The summed E-state index contributed by atoms with van der Waals surface area (Å²) in [6.07, 6.45) is 2.36. The van der Waals surface area contributed by atoms with Crippen LogP contribution in [0.25, 0.3) is 0 Å². The number of hydrogen-bond acceptors (Lipinski definition) is 2. The molecule has 0 aromatic heterocycles. The largest absolute Gasteiger partial charge is 0.387 e. The van der Waals surface area contributed by atoms with Crippen molar-refractivity contribution in [3.05, 3.63) is 35.1 Å². The third-order valence-corrected chi connectivity index (χ3v) is 2.93. The van der Waals surface area contributed by atoms with Crippen LogP contribution < -0.4 is 5.32 Å². The third kappa shape index (κ3) is 2.07. The van der Waals surface area contributed by atoms with Crippen LogP contribution in [-0.4, -0.2) is 17.6 Å². The van der Waals surface area contributed by atoms with Crippen LogP contribution in [0.4, 0.5) is 4.39 Å². The van der Waals surface area contributed by atoms with E-state index in [2.05, 4.69) is 5.32 Å². The Labute approximate surface area is 93.3 Å². The third-order valence-electron chi connectivity index (χ3n) is 2.93. The van der Waals surface area contributed by atoms with Gasteiger partial charge in [0.1, 0.15) is 12.4 Å². The highest BCUT2D eigenvalue weighted by atomic mass is 19.1. The van der Waals surface area contributed by atoms with E-state index < -0.39 is 12.5 Å². The van der Waals surface area contributed by atoms with Gasteiger partial charge in [0.05, 0.1) is 6.04 Å². The molecule has 1 aromatic carbocycles. The molecule has 1 aliphatic rings. The van der Waals surface area contributed by atoms with Gasteiger partial charge < -0.3 is 10.4 Å². The molecule has 1 atom stereocenters. The molecule has 0 radical (unpaired) electrons. The fourth-order valence-electron chi connectivity index (χ4n) is 2.19. The fourth-order valence-corrected chi connectivity index (χ4v) is 2.19. The summed E-state index contributed by atoms with van der Waals surface area (Å²) in [7, 11) is 0. The van der Waals surface area contributed by atoms with Crippen molar-refractivity contribution in [1.82, 2.24) is 5.32 Å². The molecule has 0 bridgehead atoms. The molecule has 86 valence electrons. The van der Waals surface area contributed by atoms with E-state index in [1.54, 1.807) is 6.07 Å². The molecular weight excluding hydrogens is 209 g/mol. The molecule has 3 nitrogen and oxygen atoms in total. The average molecular weight is 223 g/mol. The number of aliphatic hydroxyl groups excluding tert-OH is 1. The lowest BCUT2D eigenvalue weighted by Gasteiger charge is -2.26. The number of benzene rings is 1. The molecule has 0 aliphatic heterocycles. The summed E-state index contributed by atoms with van der Waals surface area (Å²) in [6.45, 7) is -0.527. The Bertz CT molecular complexity index is 406. The highest BCUT2D eigenvalue weighted by molar-refractivity contribution is 5.77. The summed E-state index contributed by atoms with van der Waals surface area (Å²) < 4.78 is 13.5. The van der Waals surface area contributed by atoms with Crippen molar-refractivity contribution < 1.29 is 14.3 Å². The van der Waals surface area contributed by atoms with Gasteiger partial charge in [-0.1, -0.05) is 12.1 Å². The predicted molar refractivity (Wildman–Crippen MR) is 57.3 cm³/mol. The van der Waals surface area contributed by atoms with Gasteiger partial charge in [-0.3, -0.25) is 4.79 Å². The first kappa shape index (κ1) is 11.1. The molecule has 2 N–H and O–H groups in total. The summed E-state index contributed by atoms with van der Waals surface area (Å²) in [4.78, 5) is 11.1. The van der Waals surface area contributed by atoms with Gasteiger partial charge in [0, 0.05) is 0 Å². The highest BCUT2D eigenvalue weighted by Crippen LogP contribution is 2.30. The summed E-state index contributed by atoms with van der Waals surface area (Å²) >= 11 is 0. The van der Waals surface area contributed by atoms with Crippen LogP contribution in [0.1, 0.15) is 30.0 Å². The number of nitrogens with one attached hydrogen (secondary N) is 1. The summed E-state index contributed by atoms with van der Waals surface area (Å²) in [5.41, 5.74) is 1.53. The van der Waals surface area contributed by atoms with E-state index in [4.69, 9.17) is 5.11 Å². The van der Waals surface area contributed by atoms with Crippen LogP contribution in [0, 0.1) is 5.82 Å². The van der Waals surface area contributed by atoms with Gasteiger partial charge in [-0.2, -0.15) is 0 Å². The second-order valence-corrected chi connectivity index (χ2v) is 3.98. The van der Waals surface area contributed by atoms with Crippen molar-refractivity contribution in [3.8, 4) is 0 Å². The summed E-state index contributed by atoms with van der Waals surface area (Å²) in [6, 6.07) is 4.76. The zero-order valence-corrected chi connectivity index (χ0v) is 8.87. The number of carbonyl (C=O) groups excluding carboxylic acids is 1. The summed E-state index contributed by atoms with van der Waals surface area (Å²) in [5.74, 6) is -0.623. The molecule has 2 rings (SSSR count). The first-order valence-corrected chi connectivity index (χ1v) is 5.40. The maximum absolute atomic E-state index is 13.5. The van der Waals surface area contributed by atoms with Gasteiger partial charge in [-0.25, -0.2) is 4.39 Å². The topological polar surface area (TPSA) is 49.3 Å². The average Bonchev–Trinajstić information content (AvgIpc) is 2.30. The lowest BCUT2D eigenvalue weighted by Crippen LogP contribution is -2.33. The Morgan fingerprint density at radius 3 is 3.12 bits per heavy atom. The Morgan fingerprint density at radius 1 is 1.56 bits per heavy atom. The van der Waals surface area contributed by atoms with Crippen molar-refractivity contribution >= 4 is 5.91 Å². The van der Waals surface area contributed by atoms with Gasteiger partial charge >= 0.3 is 0 Å². The molecule has 16 heavy (non-hydrogen) atoms. The van der Waals surface area contributed by atoms with E-state index >= 15 is 0 Å². The van der Waals surface area contributed by atoms with Gasteiger partial charge in [-0.05, 0) is 36.5 Å². The van der Waals surface area contributed by atoms with Gasteiger partial charge in [-0.15, -0.1) is 0 Å². The SMILES string of the molecule is O=C(CO)N[C@H]1CCCc2c(F)cccc21. The van der Waals surface area contributed by atoms with Crippen LogP contribution in [0.2, 0.25) is 0 Å². The van der Waals surface area contributed by atoms with Gasteiger partial charge in [0.2, 0.25) is 5.91 Å². The second kappa shape index (κ2) is 4.61. The Balaban J connectivity index is 2.26. The normalized spacial score (nSPS) is 19.0. The van der Waals surface area contributed by atoms with Crippen molar-refractivity contribution in [2.75, 3.05) is 6.61 Å². The van der Waals surface area contributed by atoms with E-state index in [-0.39, 0.29) is 11.9 Å². The molecule has 0 saturated carbocycles. The molecule has 0 fully saturated rings. The van der Waals surface area contributed by atoms with Gasteiger partial charge in [0.15, 0.2) is 0 Å². The zero-order valence-electron chi connectivity index (χ0n) is 8.87. The van der Waals surface area contributed by atoms with Crippen molar-refractivity contribution in [2.45, 2.75) is 25.3 Å². The minimum absolute atomic E-state index is 0.168. The number of hydrogen-bond donors (Lipinski definition) is 2. The maximum Gasteiger partial charge on any atom is 0.246 e. The van der Waals surface area contributed by atoms with Crippen molar-refractivity contribution in [3.63, 3.8) is 0 Å². The molecule has 1 aromatic rings. The highest BCUT2D eigenvalue weighted by Gasteiger charge is 2.23. The minimum atomic E-state index is -0.527. The number of halogens is 1. The molecule has 0 unspecified atom stereocenters. The zero-order chi connectivity index (χ0) is 11.5. The quantitative estimate of drug-likeness (QED) is 0.794. The van der Waals surface area contributed by atoms with Crippen LogP contribution >= 0.6 is 0 Å². The lowest BCUT2D eigenvalue weighted by atomic mass is 9.87. The smallest absolute Gasteiger partial charge is 0.246 e. The first-order chi connectivity index (χ1) is 7.72. The Morgan fingerprint density at radius 2 is 2.38 bits per heavy atom. The van der Waals surface area contributed by atoms with Crippen molar-refractivity contribution in [1.29, 1.82) is 0 Å². The molecule has 0 spiro atoms. The van der Waals surface area contributed by atoms with E-state index in [0.29, 0.717) is 12.0 Å². The number of carbonyl (C=O) groups is 1. The number of amides is 1. The fraction of sp³-hybridized carbons (Fsp3) is 0.417. The maximum atomic E-state index is 13.5. The van der Waals surface area contributed by atoms with Crippen LogP contribution in [-0.2, 0) is 11.2 Å². The predicted octanol–water partition coefficient (Wildman–Crippen LogP) is 1.31. The molecule has 0 heterocycles. The monoisotopic (exact) mass is 223 g/mol. The molecule has 0 saturated heterocycles. The van der Waals surface area contributed by atoms with Crippen LogP contribution in [0.3, 0.4) is 0 Å². The Hall–Kier alpha value is -1.42. The number of fused-ring (bicyclic) bond motifs is 1. The lowest BCUT2D eigenvalue weighted by molar-refractivity contribution is -0.124. The van der Waals surface area contributed by atoms with Crippen molar-refractivity contribution in [2.24, 2.45) is 0 Å². The number of aliphatic hydroxyl groups is 1. The van der Waals surface area contributed by atoms with E-state index in [1.807, 2.05) is 6.07 Å². The van der Waals surface area contributed by atoms with Crippen LogP contribution in [0.15, 0.2) is 18.2 Å². The van der Waals surface area contributed by atoms with E-state index in [1.165, 1.54) is 6.07 Å². The first-order valence-electron chi connectivity index (χ1n) is 5.40. The standard InChI is InChI=1S/C12H14FNO2/c13-10-5-1-4-9-8(10)3-2-6-11(9)14-12(16)7-15/h1,4-5,11,15H,2-3,6-7H2,(H,14,16)/t11-/m0/s1. The molecular formula is C12H14FNO2. The molecule has 1 amide bonds. The van der Waals surface area contributed by atoms with E-state index in [9.17, 15) is 9.18 Å². The van der Waals surface area contributed by atoms with Crippen LogP contribution in [0.5, 0.6) is 0 Å². The molecule has 4 heteroatoms. The van der Waals surface area contributed by atoms with E-state index in [0.717, 1.165) is 18.4 Å². The second-order valence-electron chi connectivity index (χ2n) is 3.98. The van der Waals surface area contributed by atoms with Gasteiger partial charge in [0.25, 0.3) is 0 Å².